The number of methoxy groups -OCH3 is 1. The monoisotopic (exact) mass is 292 g/mol. The fourth-order valence-electron chi connectivity index (χ4n) is 2.64. The van der Waals surface area contributed by atoms with E-state index in [-0.39, 0.29) is 18.2 Å². The summed E-state index contributed by atoms with van der Waals surface area (Å²) in [7, 11) is 1.64. The summed E-state index contributed by atoms with van der Waals surface area (Å²) in [4.78, 5) is 11.8. The van der Waals surface area contributed by atoms with Gasteiger partial charge in [-0.2, -0.15) is 0 Å². The van der Waals surface area contributed by atoms with Gasteiger partial charge < -0.3 is 20.5 Å². The number of amides is 2. The fraction of sp³-hybridized carbons (Fsp3) is 0.562. The summed E-state index contributed by atoms with van der Waals surface area (Å²) in [6, 6.07) is 7.76. The van der Waals surface area contributed by atoms with Crippen molar-refractivity contribution in [1.29, 1.82) is 0 Å². The van der Waals surface area contributed by atoms with Crippen LogP contribution in [0.5, 0.6) is 5.75 Å². The van der Waals surface area contributed by atoms with Crippen molar-refractivity contribution in [1.82, 2.24) is 10.6 Å². The number of aliphatic hydroxyl groups excluding tert-OH is 1. The summed E-state index contributed by atoms with van der Waals surface area (Å²) in [5.74, 6) is 0.834. The first kappa shape index (κ1) is 15.6. The molecule has 1 aromatic carbocycles. The van der Waals surface area contributed by atoms with Crippen LogP contribution in [-0.2, 0) is 6.42 Å². The largest absolute Gasteiger partial charge is 0.497 e. The summed E-state index contributed by atoms with van der Waals surface area (Å²) >= 11 is 0. The van der Waals surface area contributed by atoms with Crippen LogP contribution in [0.1, 0.15) is 31.2 Å². The van der Waals surface area contributed by atoms with Crippen molar-refractivity contribution >= 4 is 6.03 Å². The highest BCUT2D eigenvalue weighted by atomic mass is 16.5. The van der Waals surface area contributed by atoms with Gasteiger partial charge in [-0.3, -0.25) is 0 Å². The van der Waals surface area contributed by atoms with Crippen molar-refractivity contribution in [3.63, 3.8) is 0 Å². The number of carbonyl (C=O) groups is 1. The number of nitrogens with one attached hydrogen (secondary N) is 2. The second-order valence-corrected chi connectivity index (χ2v) is 5.52. The topological polar surface area (TPSA) is 70.6 Å². The molecule has 0 saturated heterocycles. The number of rotatable bonds is 5. The van der Waals surface area contributed by atoms with Gasteiger partial charge in [-0.1, -0.05) is 12.1 Å². The van der Waals surface area contributed by atoms with Crippen LogP contribution in [-0.4, -0.2) is 36.9 Å². The van der Waals surface area contributed by atoms with E-state index in [0.29, 0.717) is 13.0 Å². The van der Waals surface area contributed by atoms with Crippen LogP contribution >= 0.6 is 0 Å². The first-order valence-corrected chi connectivity index (χ1v) is 7.52. The molecule has 1 aliphatic carbocycles. The van der Waals surface area contributed by atoms with Gasteiger partial charge in [0.15, 0.2) is 0 Å². The van der Waals surface area contributed by atoms with Gasteiger partial charge in [0.2, 0.25) is 0 Å². The zero-order valence-corrected chi connectivity index (χ0v) is 12.5. The van der Waals surface area contributed by atoms with Gasteiger partial charge in [-0.25, -0.2) is 4.79 Å². The van der Waals surface area contributed by atoms with Crippen LogP contribution in [0.25, 0.3) is 0 Å². The third-order valence-electron chi connectivity index (χ3n) is 3.84. The standard InChI is InChI=1S/C16H24N2O3/c1-21-15-7-5-12(6-8-15)9-10-17-16(20)18-13-3-2-4-14(19)11-13/h5-8,13-14,19H,2-4,9-11H2,1H3,(H2,17,18,20)/t13-,14+/m1/s1. The van der Waals surface area contributed by atoms with E-state index in [4.69, 9.17) is 4.74 Å². The van der Waals surface area contributed by atoms with Gasteiger partial charge >= 0.3 is 6.03 Å². The lowest BCUT2D eigenvalue weighted by Gasteiger charge is -2.26. The molecule has 0 radical (unpaired) electrons. The van der Waals surface area contributed by atoms with E-state index in [1.807, 2.05) is 24.3 Å². The van der Waals surface area contributed by atoms with E-state index in [0.717, 1.165) is 37.0 Å². The quantitative estimate of drug-likeness (QED) is 0.775. The summed E-state index contributed by atoms with van der Waals surface area (Å²) < 4.78 is 5.10. The molecule has 0 aliphatic heterocycles. The smallest absolute Gasteiger partial charge is 0.315 e. The average molecular weight is 292 g/mol. The van der Waals surface area contributed by atoms with Crippen LogP contribution in [0.15, 0.2) is 24.3 Å². The maximum Gasteiger partial charge on any atom is 0.315 e. The zero-order chi connectivity index (χ0) is 15.1. The Hall–Kier alpha value is -1.75. The lowest BCUT2D eigenvalue weighted by molar-refractivity contribution is 0.113. The van der Waals surface area contributed by atoms with Crippen molar-refractivity contribution in [2.75, 3.05) is 13.7 Å². The number of urea groups is 1. The Morgan fingerprint density at radius 3 is 2.76 bits per heavy atom. The Bertz CT molecular complexity index is 447. The molecule has 1 saturated carbocycles. The molecule has 21 heavy (non-hydrogen) atoms. The van der Waals surface area contributed by atoms with Crippen LogP contribution in [0, 0.1) is 0 Å². The summed E-state index contributed by atoms with van der Waals surface area (Å²) in [5.41, 5.74) is 1.16. The van der Waals surface area contributed by atoms with E-state index >= 15 is 0 Å². The van der Waals surface area contributed by atoms with Crippen LogP contribution < -0.4 is 15.4 Å². The molecule has 1 aromatic rings. The Balaban J connectivity index is 1.66. The molecule has 0 heterocycles. The number of hydrogen-bond acceptors (Lipinski definition) is 3. The molecule has 0 bridgehead atoms. The van der Waals surface area contributed by atoms with Gasteiger partial charge in [0.05, 0.1) is 13.2 Å². The minimum atomic E-state index is -0.275. The highest BCUT2D eigenvalue weighted by molar-refractivity contribution is 5.74. The molecule has 5 heteroatoms. The van der Waals surface area contributed by atoms with E-state index < -0.39 is 0 Å². The van der Waals surface area contributed by atoms with Gasteiger partial charge in [-0.05, 0) is 49.8 Å². The van der Waals surface area contributed by atoms with Gasteiger partial charge in [0.1, 0.15) is 5.75 Å². The number of aliphatic hydroxyl groups is 1. The predicted molar refractivity (Wildman–Crippen MR) is 81.5 cm³/mol. The Labute approximate surface area is 125 Å². The van der Waals surface area contributed by atoms with Crippen molar-refractivity contribution < 1.29 is 14.6 Å². The third kappa shape index (κ3) is 5.27. The van der Waals surface area contributed by atoms with Crippen molar-refractivity contribution in [2.24, 2.45) is 0 Å². The zero-order valence-electron chi connectivity index (χ0n) is 12.5. The third-order valence-corrected chi connectivity index (χ3v) is 3.84. The molecule has 0 spiro atoms. The highest BCUT2D eigenvalue weighted by Crippen LogP contribution is 2.18. The number of benzene rings is 1. The molecule has 5 nitrogen and oxygen atoms in total. The molecular formula is C16H24N2O3. The lowest BCUT2D eigenvalue weighted by Crippen LogP contribution is -2.45. The molecule has 0 unspecified atom stereocenters. The first-order chi connectivity index (χ1) is 10.2. The van der Waals surface area contributed by atoms with Crippen LogP contribution in [0.2, 0.25) is 0 Å². The summed E-state index contributed by atoms with van der Waals surface area (Å²) in [6.07, 6.45) is 3.93. The maximum absolute atomic E-state index is 11.8. The number of ether oxygens (including phenoxy) is 1. The van der Waals surface area contributed by atoms with Gasteiger partial charge in [0, 0.05) is 12.6 Å². The molecule has 2 amide bonds. The average Bonchev–Trinajstić information content (AvgIpc) is 2.48. The molecule has 0 aromatic heterocycles. The van der Waals surface area contributed by atoms with Crippen LogP contribution in [0.4, 0.5) is 4.79 Å². The maximum atomic E-state index is 11.8. The van der Waals surface area contributed by atoms with Crippen LogP contribution in [0.3, 0.4) is 0 Å². The highest BCUT2D eigenvalue weighted by Gasteiger charge is 2.21. The summed E-state index contributed by atoms with van der Waals surface area (Å²) in [6.45, 7) is 0.591. The molecule has 2 atom stereocenters. The van der Waals surface area contributed by atoms with Gasteiger partial charge in [0.25, 0.3) is 0 Å². The minimum absolute atomic E-state index is 0.0923. The predicted octanol–water partition coefficient (Wildman–Crippen LogP) is 1.84. The SMILES string of the molecule is COc1ccc(CCNC(=O)N[C@@H]2CCC[C@H](O)C2)cc1. The number of carbonyl (C=O) groups excluding carboxylic acids is 1. The Kier molecular flexibility index (Phi) is 5.87. The molecular weight excluding hydrogens is 268 g/mol. The van der Waals surface area contributed by atoms with Gasteiger partial charge in [-0.15, -0.1) is 0 Å². The van der Waals surface area contributed by atoms with Crippen molar-refractivity contribution in [2.45, 2.75) is 44.2 Å². The first-order valence-electron chi connectivity index (χ1n) is 7.52. The van der Waals surface area contributed by atoms with E-state index in [9.17, 15) is 9.90 Å². The van der Waals surface area contributed by atoms with E-state index in [1.165, 1.54) is 0 Å². The molecule has 1 fully saturated rings. The van der Waals surface area contributed by atoms with Crippen molar-refractivity contribution in [3.05, 3.63) is 29.8 Å². The fourth-order valence-corrected chi connectivity index (χ4v) is 2.64. The Morgan fingerprint density at radius 1 is 1.33 bits per heavy atom. The van der Waals surface area contributed by atoms with Crippen molar-refractivity contribution in [3.8, 4) is 5.75 Å². The summed E-state index contributed by atoms with van der Waals surface area (Å²) in [5, 5.41) is 15.4. The lowest BCUT2D eigenvalue weighted by atomic mass is 9.93. The second-order valence-electron chi connectivity index (χ2n) is 5.52. The molecule has 3 N–H and O–H groups in total. The normalized spacial score (nSPS) is 21.6. The minimum Gasteiger partial charge on any atom is -0.497 e. The second kappa shape index (κ2) is 7.88. The molecule has 2 rings (SSSR count). The van der Waals surface area contributed by atoms with E-state index in [2.05, 4.69) is 10.6 Å². The molecule has 1 aliphatic rings. The number of hydrogen-bond donors (Lipinski definition) is 3. The molecule has 116 valence electrons. The van der Waals surface area contributed by atoms with E-state index in [1.54, 1.807) is 7.11 Å². The Morgan fingerprint density at radius 2 is 2.10 bits per heavy atom.